The Morgan fingerprint density at radius 3 is 2.26 bits per heavy atom. The fourth-order valence-corrected chi connectivity index (χ4v) is 5.24. The van der Waals surface area contributed by atoms with Gasteiger partial charge in [0, 0.05) is 17.1 Å². The third kappa shape index (κ3) is 8.10. The zero-order valence-corrected chi connectivity index (χ0v) is 24.0. The van der Waals surface area contributed by atoms with Crippen molar-refractivity contribution in [2.45, 2.75) is 52.2 Å². The summed E-state index contributed by atoms with van der Waals surface area (Å²) in [5, 5.41) is 3.61. The molecule has 0 aliphatic heterocycles. The van der Waals surface area contributed by atoms with Gasteiger partial charge in [-0.05, 0) is 65.5 Å². The Kier molecular flexibility index (Phi) is 10.9. The number of para-hydroxylation sites is 1. The predicted octanol–water partition coefficient (Wildman–Crippen LogP) is 5.24. The van der Waals surface area contributed by atoms with E-state index in [0.29, 0.717) is 32.2 Å². The first-order valence-corrected chi connectivity index (χ1v) is 14.5. The Balaban J connectivity index is 2.48. The number of nitrogens with one attached hydrogen (secondary N) is 1. The molecule has 192 valence electrons. The molecule has 0 radical (unpaired) electrons. The molecule has 2 amide bonds. The molecule has 0 spiro atoms. The van der Waals surface area contributed by atoms with Crippen molar-refractivity contribution in [2.24, 2.45) is 0 Å². The molecule has 2 atom stereocenters. The third-order valence-corrected chi connectivity index (χ3v) is 8.06. The van der Waals surface area contributed by atoms with Crippen LogP contribution in [0.2, 0.25) is 10.0 Å². The Hall–Kier alpha value is -1.81. The molecule has 2 rings (SSSR count). The van der Waals surface area contributed by atoms with Gasteiger partial charge in [0.25, 0.3) is 0 Å². The second-order valence-electron chi connectivity index (χ2n) is 8.23. The molecule has 7 nitrogen and oxygen atoms in total. The number of hydrogen-bond acceptors (Lipinski definition) is 4. The summed E-state index contributed by atoms with van der Waals surface area (Å²) in [5.74, 6) is -0.828. The summed E-state index contributed by atoms with van der Waals surface area (Å²) in [7, 11) is -3.81. The second kappa shape index (κ2) is 12.9. The molecule has 0 heterocycles. The predicted molar refractivity (Wildman–Crippen MR) is 145 cm³/mol. The molecule has 0 fully saturated rings. The number of rotatable bonds is 11. The van der Waals surface area contributed by atoms with Crippen LogP contribution in [0.3, 0.4) is 0 Å². The fourth-order valence-electron chi connectivity index (χ4n) is 3.44. The lowest BCUT2D eigenvalue weighted by molar-refractivity contribution is -0.140. The highest BCUT2D eigenvalue weighted by Crippen LogP contribution is 2.28. The van der Waals surface area contributed by atoms with Crippen molar-refractivity contribution in [3.05, 3.63) is 62.5 Å². The van der Waals surface area contributed by atoms with E-state index in [1.807, 2.05) is 13.8 Å². The minimum atomic E-state index is -3.81. The van der Waals surface area contributed by atoms with Crippen LogP contribution in [0.5, 0.6) is 0 Å². The van der Waals surface area contributed by atoms with Crippen LogP contribution in [-0.4, -0.2) is 50.0 Å². The van der Waals surface area contributed by atoms with E-state index in [0.717, 1.165) is 17.0 Å². The van der Waals surface area contributed by atoms with Crippen molar-refractivity contribution in [1.82, 2.24) is 10.2 Å². The van der Waals surface area contributed by atoms with Gasteiger partial charge in [0.2, 0.25) is 21.8 Å². The molecular formula is C24H30BrCl2N3O4S. The van der Waals surface area contributed by atoms with Crippen LogP contribution in [0.4, 0.5) is 5.69 Å². The molecule has 0 aliphatic rings. The van der Waals surface area contributed by atoms with Crippen LogP contribution in [0.25, 0.3) is 0 Å². The van der Waals surface area contributed by atoms with Crippen molar-refractivity contribution >= 4 is 66.7 Å². The zero-order valence-electron chi connectivity index (χ0n) is 20.1. The van der Waals surface area contributed by atoms with Gasteiger partial charge < -0.3 is 10.2 Å². The molecule has 11 heteroatoms. The average Bonchev–Trinajstić information content (AvgIpc) is 2.79. The zero-order chi connectivity index (χ0) is 26.3. The van der Waals surface area contributed by atoms with Crippen molar-refractivity contribution in [3.63, 3.8) is 0 Å². The standard InChI is InChI=1S/C24H30BrCl2N3O4S/c1-5-16(3)28-24(32)21(6-2)29(14-17-11-12-19(26)20(27)13-17)23(31)15-30(35(4,33)34)22-10-8-7-9-18(22)25/h7-13,16,21H,5-6,14-15H2,1-4H3,(H,28,32)/t16-,21+/m1/s1. The van der Waals surface area contributed by atoms with Gasteiger partial charge >= 0.3 is 0 Å². The molecule has 0 unspecified atom stereocenters. The van der Waals surface area contributed by atoms with Gasteiger partial charge in [-0.25, -0.2) is 8.42 Å². The molecule has 2 aromatic rings. The van der Waals surface area contributed by atoms with E-state index >= 15 is 0 Å². The molecule has 0 aliphatic carbocycles. The number of amides is 2. The number of halogens is 3. The molecule has 0 saturated carbocycles. The highest BCUT2D eigenvalue weighted by atomic mass is 79.9. The summed E-state index contributed by atoms with van der Waals surface area (Å²) in [6.45, 7) is 5.21. The maximum Gasteiger partial charge on any atom is 0.244 e. The summed E-state index contributed by atoms with van der Waals surface area (Å²) < 4.78 is 26.9. The second-order valence-corrected chi connectivity index (χ2v) is 11.8. The first kappa shape index (κ1) is 29.4. The van der Waals surface area contributed by atoms with Crippen molar-refractivity contribution in [3.8, 4) is 0 Å². The van der Waals surface area contributed by atoms with E-state index in [2.05, 4.69) is 21.2 Å². The normalized spacial score (nSPS) is 13.1. The Morgan fingerprint density at radius 2 is 1.71 bits per heavy atom. The lowest BCUT2D eigenvalue weighted by Crippen LogP contribution is -2.53. The monoisotopic (exact) mass is 605 g/mol. The van der Waals surface area contributed by atoms with Crippen molar-refractivity contribution in [1.29, 1.82) is 0 Å². The Labute approximate surface area is 225 Å². The first-order chi connectivity index (χ1) is 16.4. The highest BCUT2D eigenvalue weighted by Gasteiger charge is 2.32. The van der Waals surface area contributed by atoms with Crippen LogP contribution >= 0.6 is 39.1 Å². The molecule has 0 saturated heterocycles. The SMILES string of the molecule is CC[C@@H](C)NC(=O)[C@H](CC)N(Cc1ccc(Cl)c(Cl)c1)C(=O)CN(c1ccccc1Br)S(C)(=O)=O. The van der Waals surface area contributed by atoms with Gasteiger partial charge in [-0.2, -0.15) is 0 Å². The number of hydrogen-bond donors (Lipinski definition) is 1. The molecule has 0 aromatic heterocycles. The quantitative estimate of drug-likeness (QED) is 0.379. The summed E-state index contributed by atoms with van der Waals surface area (Å²) in [4.78, 5) is 28.2. The first-order valence-electron chi connectivity index (χ1n) is 11.1. The fraction of sp³-hybridized carbons (Fsp3) is 0.417. The van der Waals surface area contributed by atoms with E-state index in [1.165, 1.54) is 4.90 Å². The van der Waals surface area contributed by atoms with E-state index in [1.54, 1.807) is 49.4 Å². The van der Waals surface area contributed by atoms with Crippen LogP contribution in [0.1, 0.15) is 39.2 Å². The Morgan fingerprint density at radius 1 is 1.06 bits per heavy atom. The number of anilines is 1. The summed E-state index contributed by atoms with van der Waals surface area (Å²) in [6.07, 6.45) is 2.10. The molecular weight excluding hydrogens is 577 g/mol. The molecule has 2 aromatic carbocycles. The largest absolute Gasteiger partial charge is 0.352 e. The van der Waals surface area contributed by atoms with E-state index in [4.69, 9.17) is 23.2 Å². The topological polar surface area (TPSA) is 86.8 Å². The molecule has 1 N–H and O–H groups in total. The van der Waals surface area contributed by atoms with Crippen LogP contribution in [0.15, 0.2) is 46.9 Å². The van der Waals surface area contributed by atoms with Crippen LogP contribution in [0, 0.1) is 0 Å². The van der Waals surface area contributed by atoms with Crippen LogP contribution in [-0.2, 0) is 26.2 Å². The van der Waals surface area contributed by atoms with E-state index < -0.39 is 28.5 Å². The van der Waals surface area contributed by atoms with Gasteiger partial charge in [0.1, 0.15) is 12.6 Å². The van der Waals surface area contributed by atoms with Gasteiger partial charge in [-0.3, -0.25) is 13.9 Å². The average molecular weight is 607 g/mol. The lowest BCUT2D eigenvalue weighted by atomic mass is 10.1. The summed E-state index contributed by atoms with van der Waals surface area (Å²) >= 11 is 15.6. The number of carbonyl (C=O) groups excluding carboxylic acids is 2. The molecule has 0 bridgehead atoms. The summed E-state index contributed by atoms with van der Waals surface area (Å²) in [5.41, 5.74) is 0.990. The van der Waals surface area contributed by atoms with Crippen LogP contribution < -0.4 is 9.62 Å². The van der Waals surface area contributed by atoms with E-state index in [9.17, 15) is 18.0 Å². The van der Waals surface area contributed by atoms with Crippen molar-refractivity contribution < 1.29 is 18.0 Å². The number of carbonyl (C=O) groups is 2. The summed E-state index contributed by atoms with van der Waals surface area (Å²) in [6, 6.07) is 10.8. The number of benzene rings is 2. The van der Waals surface area contributed by atoms with Gasteiger partial charge in [0.15, 0.2) is 0 Å². The minimum Gasteiger partial charge on any atom is -0.352 e. The molecule has 35 heavy (non-hydrogen) atoms. The number of nitrogens with zero attached hydrogens (tertiary/aromatic N) is 2. The maximum absolute atomic E-state index is 13.7. The highest BCUT2D eigenvalue weighted by molar-refractivity contribution is 9.10. The smallest absolute Gasteiger partial charge is 0.244 e. The lowest BCUT2D eigenvalue weighted by Gasteiger charge is -2.33. The Bertz CT molecular complexity index is 1160. The third-order valence-electron chi connectivity index (χ3n) is 5.52. The van der Waals surface area contributed by atoms with Gasteiger partial charge in [-0.1, -0.05) is 55.2 Å². The minimum absolute atomic E-state index is 0.0513. The van der Waals surface area contributed by atoms with Gasteiger partial charge in [-0.15, -0.1) is 0 Å². The van der Waals surface area contributed by atoms with Crippen molar-refractivity contribution in [2.75, 3.05) is 17.1 Å². The van der Waals surface area contributed by atoms with E-state index in [-0.39, 0.29) is 18.5 Å². The number of sulfonamides is 1. The maximum atomic E-state index is 13.7. The van der Waals surface area contributed by atoms with Gasteiger partial charge in [0.05, 0.1) is 22.0 Å².